The molecule has 0 bridgehead atoms. The molecule has 1 aromatic carbocycles. The highest BCUT2D eigenvalue weighted by Crippen LogP contribution is 2.32. The van der Waals surface area contributed by atoms with E-state index in [4.69, 9.17) is 4.43 Å². The monoisotopic (exact) mass is 314 g/mol. The van der Waals surface area contributed by atoms with E-state index in [1.807, 2.05) is 0 Å². The van der Waals surface area contributed by atoms with Gasteiger partial charge in [0.15, 0.2) is 0 Å². The number of aryl methyl sites for hydroxylation is 1. The van der Waals surface area contributed by atoms with Crippen LogP contribution in [0.3, 0.4) is 0 Å². The third-order valence-corrected chi connectivity index (χ3v) is 3.72. The lowest BCUT2D eigenvalue weighted by Gasteiger charge is -2.25. The Morgan fingerprint density at radius 3 is 2.35 bits per heavy atom. The average Bonchev–Trinajstić information content (AvgIpc) is 2.18. The van der Waals surface area contributed by atoms with Crippen LogP contribution in [-0.4, -0.2) is 14.4 Å². The van der Waals surface area contributed by atoms with Gasteiger partial charge in [0.25, 0.3) is 0 Å². The molecule has 0 aliphatic rings. The maximum absolute atomic E-state index is 6.03. The molecule has 0 aliphatic carbocycles. The van der Waals surface area contributed by atoms with E-state index in [-0.39, 0.29) is 5.41 Å². The van der Waals surface area contributed by atoms with Gasteiger partial charge in [-0.05, 0) is 42.1 Å². The summed E-state index contributed by atoms with van der Waals surface area (Å²) >= 11 is 3.50. The molecule has 0 saturated carbocycles. The van der Waals surface area contributed by atoms with Gasteiger partial charge in [0.05, 0.1) is 0 Å². The van der Waals surface area contributed by atoms with E-state index >= 15 is 0 Å². The van der Waals surface area contributed by atoms with Crippen LogP contribution >= 0.6 is 15.9 Å². The van der Waals surface area contributed by atoms with Crippen LogP contribution in [0.2, 0.25) is 13.1 Å². The smallest absolute Gasteiger partial charge is 0.229 e. The highest BCUT2D eigenvalue weighted by Gasteiger charge is 2.20. The molecule has 0 aromatic heterocycles. The number of hydrogen-bond acceptors (Lipinski definition) is 1. The maximum atomic E-state index is 6.03. The molecule has 0 aliphatic heterocycles. The van der Waals surface area contributed by atoms with Crippen LogP contribution in [0.5, 0.6) is 5.75 Å². The zero-order valence-electron chi connectivity index (χ0n) is 11.5. The fourth-order valence-corrected chi connectivity index (χ4v) is 2.96. The number of rotatable bonds is 4. The minimum Gasteiger partial charge on any atom is -0.547 e. The van der Waals surface area contributed by atoms with Crippen LogP contribution in [0.1, 0.15) is 31.9 Å². The van der Waals surface area contributed by atoms with E-state index in [0.717, 1.165) is 17.5 Å². The summed E-state index contributed by atoms with van der Waals surface area (Å²) in [6, 6.07) is 6.63. The quantitative estimate of drug-likeness (QED) is 0.595. The molecule has 96 valence electrons. The van der Waals surface area contributed by atoms with Crippen molar-refractivity contribution in [3.8, 4) is 5.75 Å². The second-order valence-electron chi connectivity index (χ2n) is 5.69. The van der Waals surface area contributed by atoms with Gasteiger partial charge >= 0.3 is 0 Å². The molecule has 1 rings (SSSR count). The zero-order valence-corrected chi connectivity index (χ0v) is 14.3. The Morgan fingerprint density at radius 2 is 1.88 bits per heavy atom. The standard InChI is InChI=1S/C14H23BrOSi/c1-14(2,3)12-10-11(8-9-15)6-7-13(12)16-17(4)5/h6-7,10,17H,8-9H2,1-5H3. The molecule has 0 atom stereocenters. The first-order valence-electron chi connectivity index (χ1n) is 6.20. The van der Waals surface area contributed by atoms with Crippen molar-refractivity contribution in [3.05, 3.63) is 29.3 Å². The molecule has 0 spiro atoms. The van der Waals surface area contributed by atoms with E-state index in [2.05, 4.69) is 68.0 Å². The maximum Gasteiger partial charge on any atom is 0.229 e. The Labute approximate surface area is 115 Å². The normalized spacial score (nSPS) is 11.9. The topological polar surface area (TPSA) is 9.23 Å². The Balaban J connectivity index is 3.12. The van der Waals surface area contributed by atoms with Gasteiger partial charge in [0, 0.05) is 5.33 Å². The average molecular weight is 315 g/mol. The van der Waals surface area contributed by atoms with Crippen molar-refractivity contribution in [2.24, 2.45) is 0 Å². The minimum absolute atomic E-state index is 0.140. The van der Waals surface area contributed by atoms with Crippen LogP contribution in [0.25, 0.3) is 0 Å². The first-order chi connectivity index (χ1) is 7.84. The molecule has 0 amide bonds. The van der Waals surface area contributed by atoms with Gasteiger partial charge in [0.1, 0.15) is 5.75 Å². The molecular weight excluding hydrogens is 292 g/mol. The largest absolute Gasteiger partial charge is 0.547 e. The summed E-state index contributed by atoms with van der Waals surface area (Å²) in [7, 11) is -1.04. The van der Waals surface area contributed by atoms with Gasteiger partial charge in [-0.25, -0.2) is 0 Å². The first-order valence-corrected chi connectivity index (χ1v) is 10.1. The van der Waals surface area contributed by atoms with Crippen molar-refractivity contribution in [1.82, 2.24) is 0 Å². The van der Waals surface area contributed by atoms with Crippen LogP contribution in [-0.2, 0) is 11.8 Å². The minimum atomic E-state index is -1.04. The lowest BCUT2D eigenvalue weighted by Crippen LogP contribution is -2.18. The van der Waals surface area contributed by atoms with E-state index < -0.39 is 9.04 Å². The molecule has 0 radical (unpaired) electrons. The van der Waals surface area contributed by atoms with Crippen molar-refractivity contribution in [2.45, 2.75) is 45.7 Å². The summed E-state index contributed by atoms with van der Waals surface area (Å²) in [6.45, 7) is 11.1. The molecule has 0 unspecified atom stereocenters. The molecule has 0 heterocycles. The first kappa shape index (κ1) is 14.8. The zero-order chi connectivity index (χ0) is 13.1. The van der Waals surface area contributed by atoms with Crippen molar-refractivity contribution in [1.29, 1.82) is 0 Å². The van der Waals surface area contributed by atoms with Crippen molar-refractivity contribution < 1.29 is 4.43 Å². The molecule has 1 aromatic rings. The third-order valence-electron chi connectivity index (χ3n) is 2.60. The molecule has 1 nitrogen and oxygen atoms in total. The van der Waals surface area contributed by atoms with E-state index in [9.17, 15) is 0 Å². The fraction of sp³-hybridized carbons (Fsp3) is 0.571. The number of halogens is 1. The second-order valence-corrected chi connectivity index (χ2v) is 8.81. The lowest BCUT2D eigenvalue weighted by molar-refractivity contribution is 0.520. The van der Waals surface area contributed by atoms with Gasteiger partial charge in [-0.2, -0.15) is 0 Å². The molecule has 0 fully saturated rings. The highest BCUT2D eigenvalue weighted by atomic mass is 79.9. The SMILES string of the molecule is C[SiH](C)Oc1ccc(CCBr)cc1C(C)(C)C. The third kappa shape index (κ3) is 4.47. The van der Waals surface area contributed by atoms with E-state index in [0.29, 0.717) is 0 Å². The summed E-state index contributed by atoms with van der Waals surface area (Å²) in [4.78, 5) is 0. The number of benzene rings is 1. The summed E-state index contributed by atoms with van der Waals surface area (Å²) in [5.74, 6) is 1.08. The highest BCUT2D eigenvalue weighted by molar-refractivity contribution is 9.09. The number of alkyl halides is 1. The van der Waals surface area contributed by atoms with Gasteiger partial charge in [-0.1, -0.05) is 48.8 Å². The molecule has 0 saturated heterocycles. The van der Waals surface area contributed by atoms with Crippen molar-refractivity contribution in [2.75, 3.05) is 5.33 Å². The van der Waals surface area contributed by atoms with E-state index in [1.165, 1.54) is 11.1 Å². The van der Waals surface area contributed by atoms with Crippen LogP contribution in [0.4, 0.5) is 0 Å². The lowest BCUT2D eigenvalue weighted by atomic mass is 9.85. The molecule has 3 heteroatoms. The number of hydrogen-bond donors (Lipinski definition) is 0. The van der Waals surface area contributed by atoms with E-state index in [1.54, 1.807) is 0 Å². The van der Waals surface area contributed by atoms with Crippen molar-refractivity contribution >= 4 is 25.0 Å². The Kier molecular flexibility index (Phi) is 5.26. The van der Waals surface area contributed by atoms with Gasteiger partial charge in [-0.3, -0.25) is 0 Å². The Hall–Kier alpha value is -0.283. The van der Waals surface area contributed by atoms with Crippen molar-refractivity contribution in [3.63, 3.8) is 0 Å². The summed E-state index contributed by atoms with van der Waals surface area (Å²) < 4.78 is 6.03. The van der Waals surface area contributed by atoms with Gasteiger partial charge < -0.3 is 4.43 Å². The van der Waals surface area contributed by atoms with Crippen LogP contribution in [0.15, 0.2) is 18.2 Å². The summed E-state index contributed by atoms with van der Waals surface area (Å²) in [5, 5.41) is 1.01. The predicted octanol–water partition coefficient (Wildman–Crippen LogP) is 4.28. The fourth-order valence-electron chi connectivity index (χ4n) is 1.78. The van der Waals surface area contributed by atoms with Gasteiger partial charge in [-0.15, -0.1) is 0 Å². The Morgan fingerprint density at radius 1 is 1.24 bits per heavy atom. The molecule has 0 N–H and O–H groups in total. The van der Waals surface area contributed by atoms with Crippen LogP contribution in [0, 0.1) is 0 Å². The van der Waals surface area contributed by atoms with Gasteiger partial charge in [0.2, 0.25) is 9.04 Å². The Bertz CT molecular complexity index is 369. The second kappa shape index (κ2) is 6.05. The summed E-state index contributed by atoms with van der Waals surface area (Å²) in [5.41, 5.74) is 2.85. The summed E-state index contributed by atoms with van der Waals surface area (Å²) in [6.07, 6.45) is 1.07. The molecule has 17 heavy (non-hydrogen) atoms. The molecular formula is C14H23BrOSi. The van der Waals surface area contributed by atoms with Crippen LogP contribution < -0.4 is 4.43 Å². The predicted molar refractivity (Wildman–Crippen MR) is 82.1 cm³/mol.